The smallest absolute Gasteiger partial charge is 0.113 e. The van der Waals surface area contributed by atoms with Gasteiger partial charge in [0.05, 0.1) is 6.07 Å². The fourth-order valence-corrected chi connectivity index (χ4v) is 1.58. The zero-order chi connectivity index (χ0) is 8.81. The third-order valence-corrected chi connectivity index (χ3v) is 2.24. The quantitative estimate of drug-likeness (QED) is 0.631. The highest BCUT2D eigenvalue weighted by molar-refractivity contribution is 4.75. The van der Waals surface area contributed by atoms with E-state index in [1.165, 1.54) is 0 Å². The molecule has 1 fully saturated rings. The number of hydrogen-bond donors (Lipinski definition) is 0. The Morgan fingerprint density at radius 3 is 3.08 bits per heavy atom. The van der Waals surface area contributed by atoms with Crippen LogP contribution in [0.5, 0.6) is 0 Å². The Balaban J connectivity index is 2.27. The first-order valence-corrected chi connectivity index (χ1v) is 4.56. The van der Waals surface area contributed by atoms with Crippen molar-refractivity contribution in [3.8, 4) is 6.07 Å². The predicted molar refractivity (Wildman–Crippen MR) is 45.4 cm³/mol. The molecule has 1 unspecified atom stereocenters. The van der Waals surface area contributed by atoms with E-state index < -0.39 is 6.17 Å². The normalized spacial score (nSPS) is 26.2. The van der Waals surface area contributed by atoms with Crippen LogP contribution in [-0.4, -0.2) is 30.7 Å². The molecule has 1 rings (SSSR count). The molecular weight excluding hydrogens is 155 g/mol. The minimum atomic E-state index is -0.675. The molecular formula is C9H15FN2. The Labute approximate surface area is 73.0 Å². The van der Waals surface area contributed by atoms with Crippen molar-refractivity contribution in [2.75, 3.05) is 19.6 Å². The van der Waals surface area contributed by atoms with Gasteiger partial charge in [0.1, 0.15) is 6.17 Å². The molecule has 12 heavy (non-hydrogen) atoms. The predicted octanol–water partition coefficient (Wildman–Crippen LogP) is 1.72. The molecule has 1 saturated heterocycles. The standard InChI is InChI=1S/C9H15FN2/c10-9-4-1-2-6-12(8-9)7-3-5-11/h9H,1-4,6-8H2. The Kier molecular flexibility index (Phi) is 4.02. The van der Waals surface area contributed by atoms with Gasteiger partial charge < -0.3 is 0 Å². The van der Waals surface area contributed by atoms with E-state index in [0.717, 1.165) is 25.9 Å². The summed E-state index contributed by atoms with van der Waals surface area (Å²) in [5.74, 6) is 0. The first kappa shape index (κ1) is 9.47. The Hall–Kier alpha value is -0.620. The van der Waals surface area contributed by atoms with Crippen molar-refractivity contribution in [1.82, 2.24) is 4.90 Å². The molecule has 3 heteroatoms. The summed E-state index contributed by atoms with van der Waals surface area (Å²) < 4.78 is 13.0. The zero-order valence-electron chi connectivity index (χ0n) is 7.30. The monoisotopic (exact) mass is 170 g/mol. The summed E-state index contributed by atoms with van der Waals surface area (Å²) in [4.78, 5) is 2.06. The molecule has 0 amide bonds. The van der Waals surface area contributed by atoms with Crippen LogP contribution < -0.4 is 0 Å². The highest BCUT2D eigenvalue weighted by Crippen LogP contribution is 2.13. The van der Waals surface area contributed by atoms with Gasteiger partial charge in [-0.25, -0.2) is 4.39 Å². The molecule has 1 heterocycles. The van der Waals surface area contributed by atoms with Crippen molar-refractivity contribution in [3.05, 3.63) is 0 Å². The van der Waals surface area contributed by atoms with Crippen molar-refractivity contribution in [3.63, 3.8) is 0 Å². The number of hydrogen-bond acceptors (Lipinski definition) is 2. The minimum absolute atomic E-state index is 0.521. The summed E-state index contributed by atoms with van der Waals surface area (Å²) in [6, 6.07) is 2.09. The van der Waals surface area contributed by atoms with E-state index in [0.29, 0.717) is 19.4 Å². The lowest BCUT2D eigenvalue weighted by molar-refractivity contribution is 0.210. The molecule has 0 aliphatic carbocycles. The summed E-state index contributed by atoms with van der Waals surface area (Å²) >= 11 is 0. The molecule has 0 aromatic rings. The molecule has 1 atom stereocenters. The third kappa shape index (κ3) is 3.19. The van der Waals surface area contributed by atoms with Crippen LogP contribution >= 0.6 is 0 Å². The van der Waals surface area contributed by atoms with Crippen molar-refractivity contribution >= 4 is 0 Å². The van der Waals surface area contributed by atoms with Gasteiger partial charge in [-0.05, 0) is 25.8 Å². The fourth-order valence-electron chi connectivity index (χ4n) is 1.58. The molecule has 0 radical (unpaired) electrons. The molecule has 0 N–H and O–H groups in total. The summed E-state index contributed by atoms with van der Waals surface area (Å²) in [5, 5.41) is 8.36. The molecule has 68 valence electrons. The van der Waals surface area contributed by atoms with Gasteiger partial charge in [0, 0.05) is 19.5 Å². The number of halogens is 1. The molecule has 0 saturated carbocycles. The molecule has 1 aliphatic rings. The molecule has 0 aromatic carbocycles. The SMILES string of the molecule is N#CCCN1CCCCC(F)C1. The number of rotatable bonds is 2. The van der Waals surface area contributed by atoms with E-state index in [9.17, 15) is 4.39 Å². The lowest BCUT2D eigenvalue weighted by atomic mass is 10.2. The van der Waals surface area contributed by atoms with Crippen LogP contribution in [0.4, 0.5) is 4.39 Å². The average Bonchev–Trinajstić information content (AvgIpc) is 2.26. The van der Waals surface area contributed by atoms with Gasteiger partial charge in [0.15, 0.2) is 0 Å². The van der Waals surface area contributed by atoms with Gasteiger partial charge in [0.25, 0.3) is 0 Å². The summed E-state index contributed by atoms with van der Waals surface area (Å²) in [7, 11) is 0. The van der Waals surface area contributed by atoms with Crippen LogP contribution in [0.1, 0.15) is 25.7 Å². The number of nitriles is 1. The maximum absolute atomic E-state index is 13.0. The number of likely N-dealkylation sites (tertiary alicyclic amines) is 1. The maximum atomic E-state index is 13.0. The molecule has 0 spiro atoms. The van der Waals surface area contributed by atoms with E-state index >= 15 is 0 Å². The van der Waals surface area contributed by atoms with Gasteiger partial charge in [-0.15, -0.1) is 0 Å². The second-order valence-corrected chi connectivity index (χ2v) is 3.30. The van der Waals surface area contributed by atoms with Crippen LogP contribution in [0, 0.1) is 11.3 Å². The van der Waals surface area contributed by atoms with Crippen LogP contribution in [-0.2, 0) is 0 Å². The zero-order valence-corrected chi connectivity index (χ0v) is 7.30. The number of alkyl halides is 1. The third-order valence-electron chi connectivity index (χ3n) is 2.24. The maximum Gasteiger partial charge on any atom is 0.113 e. The molecule has 0 aromatic heterocycles. The van der Waals surface area contributed by atoms with Crippen molar-refractivity contribution in [2.24, 2.45) is 0 Å². The van der Waals surface area contributed by atoms with E-state index in [2.05, 4.69) is 11.0 Å². The van der Waals surface area contributed by atoms with Gasteiger partial charge in [-0.2, -0.15) is 5.26 Å². The summed E-state index contributed by atoms with van der Waals surface area (Å²) in [6.45, 7) is 2.22. The largest absolute Gasteiger partial charge is 0.299 e. The average molecular weight is 170 g/mol. The van der Waals surface area contributed by atoms with Gasteiger partial charge in [-0.3, -0.25) is 4.90 Å². The van der Waals surface area contributed by atoms with Crippen LogP contribution in [0.3, 0.4) is 0 Å². The Morgan fingerprint density at radius 2 is 2.33 bits per heavy atom. The van der Waals surface area contributed by atoms with Gasteiger partial charge >= 0.3 is 0 Å². The van der Waals surface area contributed by atoms with Crippen LogP contribution in [0.15, 0.2) is 0 Å². The lowest BCUT2D eigenvalue weighted by Crippen LogP contribution is -2.29. The first-order chi connectivity index (χ1) is 5.83. The van der Waals surface area contributed by atoms with E-state index in [1.54, 1.807) is 0 Å². The van der Waals surface area contributed by atoms with Gasteiger partial charge in [0.2, 0.25) is 0 Å². The van der Waals surface area contributed by atoms with Crippen LogP contribution in [0.2, 0.25) is 0 Å². The summed E-state index contributed by atoms with van der Waals surface area (Å²) in [6.07, 6.45) is 2.61. The topological polar surface area (TPSA) is 27.0 Å². The van der Waals surface area contributed by atoms with E-state index in [-0.39, 0.29) is 0 Å². The van der Waals surface area contributed by atoms with Crippen molar-refractivity contribution in [2.45, 2.75) is 31.9 Å². The molecule has 1 aliphatic heterocycles. The number of nitrogens with zero attached hydrogens (tertiary/aromatic N) is 2. The first-order valence-electron chi connectivity index (χ1n) is 4.56. The van der Waals surface area contributed by atoms with Crippen LogP contribution in [0.25, 0.3) is 0 Å². The molecule has 0 bridgehead atoms. The summed E-state index contributed by atoms with van der Waals surface area (Å²) in [5.41, 5.74) is 0. The second-order valence-electron chi connectivity index (χ2n) is 3.30. The van der Waals surface area contributed by atoms with Crippen molar-refractivity contribution in [1.29, 1.82) is 5.26 Å². The van der Waals surface area contributed by atoms with Crippen molar-refractivity contribution < 1.29 is 4.39 Å². The Bertz CT molecular complexity index is 164. The second kappa shape index (κ2) is 5.10. The van der Waals surface area contributed by atoms with E-state index in [1.807, 2.05) is 0 Å². The molecule has 2 nitrogen and oxygen atoms in total. The lowest BCUT2D eigenvalue weighted by Gasteiger charge is -2.18. The van der Waals surface area contributed by atoms with E-state index in [4.69, 9.17) is 5.26 Å². The fraction of sp³-hybridized carbons (Fsp3) is 0.889. The highest BCUT2D eigenvalue weighted by Gasteiger charge is 2.16. The van der Waals surface area contributed by atoms with Gasteiger partial charge in [-0.1, -0.05) is 0 Å². The Morgan fingerprint density at radius 1 is 1.50 bits per heavy atom. The highest BCUT2D eigenvalue weighted by atomic mass is 19.1. The minimum Gasteiger partial charge on any atom is -0.299 e.